The minimum absolute atomic E-state index is 0.160. The molecule has 0 bridgehead atoms. The topological polar surface area (TPSA) is 55.1 Å². The van der Waals surface area contributed by atoms with Crippen molar-refractivity contribution >= 4 is 21.9 Å². The monoisotopic (exact) mass is 232 g/mol. The van der Waals surface area contributed by atoms with E-state index in [0.29, 0.717) is 4.60 Å². The number of aromatic carboxylic acids is 1. The quantitative estimate of drug-likeness (QED) is 0.848. The molecule has 1 heterocycles. The fraction of sp³-hybridized carbons (Fsp3) is 0.429. The maximum absolute atomic E-state index is 10.6. The van der Waals surface area contributed by atoms with Crippen molar-refractivity contribution in [2.75, 3.05) is 0 Å². The molecule has 5 heteroatoms. The molecule has 0 saturated carbocycles. The Morgan fingerprint density at radius 2 is 2.33 bits per heavy atom. The van der Waals surface area contributed by atoms with Gasteiger partial charge in [-0.05, 0) is 29.8 Å². The number of nitrogens with zero attached hydrogens (tertiary/aromatic N) is 2. The number of hydrogen-bond acceptors (Lipinski definition) is 2. The normalized spacial score (nSPS) is 10.7. The molecule has 12 heavy (non-hydrogen) atoms. The van der Waals surface area contributed by atoms with E-state index in [4.69, 9.17) is 5.11 Å². The van der Waals surface area contributed by atoms with E-state index < -0.39 is 5.97 Å². The van der Waals surface area contributed by atoms with Crippen molar-refractivity contribution in [2.24, 2.45) is 0 Å². The summed E-state index contributed by atoms with van der Waals surface area (Å²) in [5.41, 5.74) is 0.198. The third-order valence-corrected chi connectivity index (χ3v) is 2.24. The van der Waals surface area contributed by atoms with Gasteiger partial charge >= 0.3 is 5.97 Å². The third kappa shape index (κ3) is 1.50. The molecule has 1 N–H and O–H groups in total. The summed E-state index contributed by atoms with van der Waals surface area (Å²) in [5, 5.41) is 12.6. The summed E-state index contributed by atoms with van der Waals surface area (Å²) in [7, 11) is 0. The lowest BCUT2D eigenvalue weighted by atomic mass is 10.3. The highest BCUT2D eigenvalue weighted by atomic mass is 79.9. The molecule has 0 amide bonds. The lowest BCUT2D eigenvalue weighted by Gasteiger charge is -2.05. The van der Waals surface area contributed by atoms with Gasteiger partial charge in [-0.1, -0.05) is 0 Å². The van der Waals surface area contributed by atoms with Gasteiger partial charge in [-0.3, -0.25) is 4.68 Å². The van der Waals surface area contributed by atoms with Crippen LogP contribution in [-0.2, 0) is 0 Å². The van der Waals surface area contributed by atoms with Gasteiger partial charge in [0.1, 0.15) is 10.2 Å². The van der Waals surface area contributed by atoms with Gasteiger partial charge in [0.05, 0.1) is 6.20 Å². The lowest BCUT2D eigenvalue weighted by molar-refractivity contribution is 0.0695. The van der Waals surface area contributed by atoms with Gasteiger partial charge in [0.15, 0.2) is 0 Å². The average Bonchev–Trinajstić information content (AvgIpc) is 2.30. The Labute approximate surface area is 78.3 Å². The molecule has 0 aliphatic carbocycles. The van der Waals surface area contributed by atoms with Crippen LogP contribution >= 0.6 is 15.9 Å². The maximum atomic E-state index is 10.6. The van der Waals surface area contributed by atoms with Crippen molar-refractivity contribution in [3.05, 3.63) is 16.4 Å². The van der Waals surface area contributed by atoms with Crippen molar-refractivity contribution in [2.45, 2.75) is 19.9 Å². The van der Waals surface area contributed by atoms with Crippen LogP contribution in [0.25, 0.3) is 0 Å². The number of aromatic nitrogens is 2. The van der Waals surface area contributed by atoms with Crippen LogP contribution in [-0.4, -0.2) is 20.9 Å². The third-order valence-electron chi connectivity index (χ3n) is 1.45. The van der Waals surface area contributed by atoms with E-state index in [1.807, 2.05) is 13.8 Å². The van der Waals surface area contributed by atoms with Crippen LogP contribution in [0.3, 0.4) is 0 Å². The van der Waals surface area contributed by atoms with Crippen molar-refractivity contribution < 1.29 is 9.90 Å². The van der Waals surface area contributed by atoms with E-state index in [1.54, 1.807) is 4.68 Å². The molecule has 0 spiro atoms. The molecule has 0 atom stereocenters. The molecule has 0 saturated heterocycles. The lowest BCUT2D eigenvalue weighted by Crippen LogP contribution is -2.04. The Hall–Kier alpha value is -0.840. The van der Waals surface area contributed by atoms with Gasteiger partial charge < -0.3 is 5.11 Å². The van der Waals surface area contributed by atoms with Crippen molar-refractivity contribution in [3.63, 3.8) is 0 Å². The summed E-state index contributed by atoms with van der Waals surface area (Å²) in [4.78, 5) is 10.6. The maximum Gasteiger partial charge on any atom is 0.340 e. The zero-order chi connectivity index (χ0) is 9.30. The van der Waals surface area contributed by atoms with E-state index >= 15 is 0 Å². The SMILES string of the molecule is CC(C)n1ncc(C(=O)O)c1Br. The van der Waals surface area contributed by atoms with Gasteiger partial charge in [0.2, 0.25) is 0 Å². The second-order valence-corrected chi connectivity index (χ2v) is 3.44. The standard InChI is InChI=1S/C7H9BrN2O2/c1-4(2)10-6(8)5(3-9-10)7(11)12/h3-4H,1-2H3,(H,11,12). The van der Waals surface area contributed by atoms with Crippen molar-refractivity contribution in [1.29, 1.82) is 0 Å². The molecule has 66 valence electrons. The molecule has 4 nitrogen and oxygen atoms in total. The first-order valence-corrected chi connectivity index (χ1v) is 4.29. The summed E-state index contributed by atoms with van der Waals surface area (Å²) in [5.74, 6) is -0.964. The Morgan fingerprint density at radius 1 is 1.75 bits per heavy atom. The molecule has 1 aromatic rings. The van der Waals surface area contributed by atoms with Crippen LogP contribution in [0.2, 0.25) is 0 Å². The minimum Gasteiger partial charge on any atom is -0.478 e. The highest BCUT2D eigenvalue weighted by Gasteiger charge is 2.15. The first kappa shape index (κ1) is 9.25. The first-order chi connectivity index (χ1) is 5.54. The Balaban J connectivity index is 3.13. The Kier molecular flexibility index (Phi) is 2.52. The van der Waals surface area contributed by atoms with Crippen LogP contribution in [0, 0.1) is 0 Å². The van der Waals surface area contributed by atoms with Crippen molar-refractivity contribution in [1.82, 2.24) is 9.78 Å². The summed E-state index contributed by atoms with van der Waals surface area (Å²) >= 11 is 3.17. The van der Waals surface area contributed by atoms with Crippen LogP contribution in [0.15, 0.2) is 10.8 Å². The zero-order valence-corrected chi connectivity index (χ0v) is 8.37. The molecule has 1 aromatic heterocycles. The first-order valence-electron chi connectivity index (χ1n) is 3.50. The molecule has 1 rings (SSSR count). The molecule has 0 unspecified atom stereocenters. The predicted octanol–water partition coefficient (Wildman–Crippen LogP) is 1.92. The van der Waals surface area contributed by atoms with Gasteiger partial charge in [-0.2, -0.15) is 5.10 Å². The summed E-state index contributed by atoms with van der Waals surface area (Å²) in [6, 6.07) is 0.160. The van der Waals surface area contributed by atoms with Gasteiger partial charge in [-0.15, -0.1) is 0 Å². The van der Waals surface area contributed by atoms with Gasteiger partial charge in [-0.25, -0.2) is 4.79 Å². The van der Waals surface area contributed by atoms with Crippen molar-refractivity contribution in [3.8, 4) is 0 Å². The average molecular weight is 233 g/mol. The van der Waals surface area contributed by atoms with Gasteiger partial charge in [0.25, 0.3) is 0 Å². The summed E-state index contributed by atoms with van der Waals surface area (Å²) < 4.78 is 2.13. The van der Waals surface area contributed by atoms with Crippen LogP contribution in [0.5, 0.6) is 0 Å². The van der Waals surface area contributed by atoms with Crippen LogP contribution in [0.4, 0.5) is 0 Å². The highest BCUT2D eigenvalue weighted by Crippen LogP contribution is 2.19. The second-order valence-electron chi connectivity index (χ2n) is 2.69. The number of halogens is 1. The molecule has 0 aliphatic rings. The van der Waals surface area contributed by atoms with Crippen LogP contribution < -0.4 is 0 Å². The fourth-order valence-corrected chi connectivity index (χ4v) is 1.62. The van der Waals surface area contributed by atoms with E-state index in [9.17, 15) is 4.79 Å². The highest BCUT2D eigenvalue weighted by molar-refractivity contribution is 9.10. The van der Waals surface area contributed by atoms with Gasteiger partial charge in [0, 0.05) is 6.04 Å². The zero-order valence-electron chi connectivity index (χ0n) is 6.78. The summed E-state index contributed by atoms with van der Waals surface area (Å²) in [6.07, 6.45) is 1.34. The van der Waals surface area contributed by atoms with E-state index in [2.05, 4.69) is 21.0 Å². The molecule has 0 aromatic carbocycles. The molecular formula is C7H9BrN2O2. The minimum atomic E-state index is -0.964. The second kappa shape index (κ2) is 3.26. The van der Waals surface area contributed by atoms with E-state index in [0.717, 1.165) is 0 Å². The number of hydrogen-bond donors (Lipinski definition) is 1. The Morgan fingerprint density at radius 3 is 2.58 bits per heavy atom. The number of rotatable bonds is 2. The summed E-state index contributed by atoms with van der Waals surface area (Å²) in [6.45, 7) is 3.87. The molecule has 0 radical (unpaired) electrons. The Bertz CT molecular complexity index is 306. The fourth-order valence-electron chi connectivity index (χ4n) is 0.851. The molecule has 0 aliphatic heterocycles. The largest absolute Gasteiger partial charge is 0.478 e. The molecular weight excluding hydrogens is 224 g/mol. The number of carboxylic acids is 1. The number of carbonyl (C=O) groups is 1. The predicted molar refractivity (Wildman–Crippen MR) is 47.3 cm³/mol. The number of carboxylic acid groups (broad SMARTS) is 1. The van der Waals surface area contributed by atoms with Crippen LogP contribution in [0.1, 0.15) is 30.2 Å². The smallest absolute Gasteiger partial charge is 0.340 e. The van der Waals surface area contributed by atoms with E-state index in [1.165, 1.54) is 6.20 Å². The van der Waals surface area contributed by atoms with E-state index in [-0.39, 0.29) is 11.6 Å². The molecule has 0 fully saturated rings.